The predicted octanol–water partition coefficient (Wildman–Crippen LogP) is 6.08. The van der Waals surface area contributed by atoms with Crippen molar-refractivity contribution in [2.45, 2.75) is 26.8 Å². The van der Waals surface area contributed by atoms with Crippen molar-refractivity contribution in [1.29, 1.82) is 0 Å². The predicted molar refractivity (Wildman–Crippen MR) is 112 cm³/mol. The highest BCUT2D eigenvalue weighted by Crippen LogP contribution is 2.34. The van der Waals surface area contributed by atoms with Crippen LogP contribution >= 0.6 is 11.6 Å². The second kappa shape index (κ2) is 7.14. The molecule has 0 bridgehead atoms. The number of allylic oxidation sites excluding steroid dienone is 1. The van der Waals surface area contributed by atoms with E-state index in [1.165, 1.54) is 39.9 Å². The van der Waals surface area contributed by atoms with Crippen molar-refractivity contribution in [1.82, 2.24) is 9.47 Å². The van der Waals surface area contributed by atoms with Gasteiger partial charge in [-0.25, -0.2) is 4.39 Å². The molecule has 0 spiro atoms. The van der Waals surface area contributed by atoms with Crippen LogP contribution in [0.1, 0.15) is 30.7 Å². The highest BCUT2D eigenvalue weighted by Gasteiger charge is 2.22. The summed E-state index contributed by atoms with van der Waals surface area (Å²) >= 11 is 6.30. The van der Waals surface area contributed by atoms with Crippen molar-refractivity contribution in [2.75, 3.05) is 13.6 Å². The molecule has 2 nitrogen and oxygen atoms in total. The molecule has 140 valence electrons. The lowest BCUT2D eigenvalue weighted by atomic mass is 9.96. The second-order valence-corrected chi connectivity index (χ2v) is 8.13. The Bertz CT molecular complexity index is 1020. The summed E-state index contributed by atoms with van der Waals surface area (Å²) in [6, 6.07) is 12.9. The Balaban J connectivity index is 1.94. The van der Waals surface area contributed by atoms with Gasteiger partial charge in [-0.1, -0.05) is 37.6 Å². The molecule has 1 aliphatic rings. The zero-order chi connectivity index (χ0) is 19.1. The van der Waals surface area contributed by atoms with Gasteiger partial charge in [-0.3, -0.25) is 0 Å². The molecule has 0 radical (unpaired) electrons. The average Bonchev–Trinajstić information content (AvgIpc) is 2.92. The first-order chi connectivity index (χ1) is 12.9. The molecule has 0 aliphatic carbocycles. The van der Waals surface area contributed by atoms with Crippen LogP contribution in [0.25, 0.3) is 22.7 Å². The molecule has 0 amide bonds. The van der Waals surface area contributed by atoms with Crippen LogP contribution in [-0.4, -0.2) is 23.1 Å². The number of rotatable bonds is 3. The number of likely N-dealkylation sites (N-methyl/N-ethyl adjacent to an activating group) is 1. The molecule has 0 saturated heterocycles. The van der Waals surface area contributed by atoms with Crippen LogP contribution in [0.15, 0.2) is 42.5 Å². The van der Waals surface area contributed by atoms with E-state index in [9.17, 15) is 4.39 Å². The molecular weight excluding hydrogens is 359 g/mol. The van der Waals surface area contributed by atoms with Gasteiger partial charge < -0.3 is 9.47 Å². The third-order valence-electron chi connectivity index (χ3n) is 5.41. The zero-order valence-electron chi connectivity index (χ0n) is 16.0. The van der Waals surface area contributed by atoms with E-state index in [1.54, 1.807) is 0 Å². The normalized spacial score (nSPS) is 15.6. The van der Waals surface area contributed by atoms with Crippen LogP contribution in [-0.2, 0) is 13.0 Å². The van der Waals surface area contributed by atoms with Gasteiger partial charge in [0, 0.05) is 41.8 Å². The molecule has 4 heteroatoms. The first kappa shape index (κ1) is 18.3. The minimum absolute atomic E-state index is 0.205. The van der Waals surface area contributed by atoms with Crippen LogP contribution in [0.3, 0.4) is 0 Å². The summed E-state index contributed by atoms with van der Waals surface area (Å²) in [4.78, 5) is 2.35. The molecule has 3 aromatic rings. The molecule has 0 atom stereocenters. The maximum atomic E-state index is 13.4. The van der Waals surface area contributed by atoms with Crippen molar-refractivity contribution in [3.05, 3.63) is 70.1 Å². The van der Waals surface area contributed by atoms with Gasteiger partial charge in [0.2, 0.25) is 0 Å². The van der Waals surface area contributed by atoms with Crippen molar-refractivity contribution >= 4 is 34.3 Å². The molecule has 0 N–H and O–H groups in total. The van der Waals surface area contributed by atoms with E-state index >= 15 is 0 Å². The molecule has 1 aromatic heterocycles. The monoisotopic (exact) mass is 382 g/mol. The highest BCUT2D eigenvalue weighted by molar-refractivity contribution is 6.31. The number of benzene rings is 2. The SMILES string of the molecule is CC(C)C(=Cn1c2c(c3cc(Cl)ccc31)CN(C)CC2)c1ccc(F)cc1. The van der Waals surface area contributed by atoms with Gasteiger partial charge in [0.25, 0.3) is 0 Å². The second-order valence-electron chi connectivity index (χ2n) is 7.69. The zero-order valence-corrected chi connectivity index (χ0v) is 16.7. The molecule has 2 heterocycles. The Kier molecular flexibility index (Phi) is 4.83. The lowest BCUT2D eigenvalue weighted by Crippen LogP contribution is -2.26. The maximum Gasteiger partial charge on any atom is 0.123 e. The molecule has 0 fully saturated rings. The van der Waals surface area contributed by atoms with Gasteiger partial charge in [0.15, 0.2) is 0 Å². The van der Waals surface area contributed by atoms with E-state index in [0.717, 1.165) is 30.1 Å². The Morgan fingerprint density at radius 1 is 1.15 bits per heavy atom. The number of hydrogen-bond acceptors (Lipinski definition) is 1. The Labute approximate surface area is 164 Å². The first-order valence-electron chi connectivity index (χ1n) is 9.41. The van der Waals surface area contributed by atoms with Crippen LogP contribution in [0.5, 0.6) is 0 Å². The minimum atomic E-state index is -0.205. The van der Waals surface area contributed by atoms with Gasteiger partial charge in [-0.2, -0.15) is 0 Å². The fourth-order valence-electron chi connectivity index (χ4n) is 3.99. The number of fused-ring (bicyclic) bond motifs is 3. The number of hydrogen-bond donors (Lipinski definition) is 0. The number of nitrogens with zero attached hydrogens (tertiary/aromatic N) is 2. The quantitative estimate of drug-likeness (QED) is 0.533. The first-order valence-corrected chi connectivity index (χ1v) is 9.79. The van der Waals surface area contributed by atoms with Crippen LogP contribution in [0.4, 0.5) is 4.39 Å². The average molecular weight is 383 g/mol. The van der Waals surface area contributed by atoms with Crippen LogP contribution < -0.4 is 0 Å². The fourth-order valence-corrected chi connectivity index (χ4v) is 4.16. The summed E-state index contributed by atoms with van der Waals surface area (Å²) < 4.78 is 15.7. The number of halogens is 2. The van der Waals surface area contributed by atoms with Gasteiger partial charge >= 0.3 is 0 Å². The van der Waals surface area contributed by atoms with E-state index in [-0.39, 0.29) is 5.82 Å². The smallest absolute Gasteiger partial charge is 0.123 e. The summed E-state index contributed by atoms with van der Waals surface area (Å²) in [5.74, 6) is 0.116. The van der Waals surface area contributed by atoms with Gasteiger partial charge in [0.05, 0.1) is 5.52 Å². The molecule has 0 unspecified atom stereocenters. The van der Waals surface area contributed by atoms with Gasteiger partial charge in [-0.05, 0) is 60.0 Å². The van der Waals surface area contributed by atoms with E-state index in [4.69, 9.17) is 11.6 Å². The van der Waals surface area contributed by atoms with E-state index in [2.05, 4.69) is 48.7 Å². The third-order valence-corrected chi connectivity index (χ3v) is 5.64. The van der Waals surface area contributed by atoms with E-state index < -0.39 is 0 Å². The van der Waals surface area contributed by atoms with Crippen molar-refractivity contribution in [3.63, 3.8) is 0 Å². The molecule has 4 rings (SSSR count). The molecule has 2 aromatic carbocycles. The lowest BCUT2D eigenvalue weighted by molar-refractivity contribution is 0.312. The van der Waals surface area contributed by atoms with Gasteiger partial charge in [0.1, 0.15) is 5.82 Å². The standard InChI is InChI=1S/C23H24ClFN2/c1-15(2)20(16-4-7-18(25)8-5-16)14-27-22-9-6-17(24)12-19(22)21-13-26(3)11-10-23(21)27/h4-9,12,14-15H,10-11,13H2,1-3H3. The third kappa shape index (κ3) is 3.42. The largest absolute Gasteiger partial charge is 0.320 e. The summed E-state index contributed by atoms with van der Waals surface area (Å²) in [7, 11) is 2.16. The summed E-state index contributed by atoms with van der Waals surface area (Å²) in [6.45, 7) is 6.33. The summed E-state index contributed by atoms with van der Waals surface area (Å²) in [5.41, 5.74) is 6.15. The lowest BCUT2D eigenvalue weighted by Gasteiger charge is -2.24. The molecule has 0 saturated carbocycles. The van der Waals surface area contributed by atoms with Crippen molar-refractivity contribution in [2.24, 2.45) is 5.92 Å². The van der Waals surface area contributed by atoms with Crippen LogP contribution in [0.2, 0.25) is 5.02 Å². The maximum absolute atomic E-state index is 13.4. The van der Waals surface area contributed by atoms with Crippen molar-refractivity contribution < 1.29 is 4.39 Å². The highest BCUT2D eigenvalue weighted by atomic mass is 35.5. The molecule has 1 aliphatic heterocycles. The van der Waals surface area contributed by atoms with E-state index in [1.807, 2.05) is 18.2 Å². The van der Waals surface area contributed by atoms with Crippen LogP contribution in [0, 0.1) is 11.7 Å². The van der Waals surface area contributed by atoms with Gasteiger partial charge in [-0.15, -0.1) is 0 Å². The molecular formula is C23H24ClFN2. The Hall–Kier alpha value is -2.10. The molecule has 27 heavy (non-hydrogen) atoms. The Morgan fingerprint density at radius 3 is 2.59 bits per heavy atom. The summed E-state index contributed by atoms with van der Waals surface area (Å²) in [6.07, 6.45) is 3.24. The number of aromatic nitrogens is 1. The Morgan fingerprint density at radius 2 is 1.89 bits per heavy atom. The van der Waals surface area contributed by atoms with E-state index in [0.29, 0.717) is 5.92 Å². The summed E-state index contributed by atoms with van der Waals surface area (Å²) in [5, 5.41) is 1.99. The topological polar surface area (TPSA) is 8.17 Å². The fraction of sp³-hybridized carbons (Fsp3) is 0.304. The minimum Gasteiger partial charge on any atom is -0.320 e. The van der Waals surface area contributed by atoms with Crippen molar-refractivity contribution in [3.8, 4) is 0 Å².